The zero-order valence-electron chi connectivity index (χ0n) is 18.8. The third kappa shape index (κ3) is 7.05. The highest BCUT2D eigenvalue weighted by Gasteiger charge is 2.25. The number of hydrogen-bond donors (Lipinski definition) is 3. The van der Waals surface area contributed by atoms with Crippen LogP contribution in [0.3, 0.4) is 0 Å². The molecule has 1 fully saturated rings. The number of aromatic nitrogens is 2. The van der Waals surface area contributed by atoms with Gasteiger partial charge in [0, 0.05) is 44.1 Å². The number of carbonyl (C=O) groups is 1. The first-order valence-corrected chi connectivity index (χ1v) is 11.1. The molecule has 1 saturated carbocycles. The van der Waals surface area contributed by atoms with Crippen molar-refractivity contribution >= 4 is 41.5 Å². The molecule has 0 saturated heterocycles. The number of nitrogens with zero attached hydrogens (tertiary/aromatic N) is 3. The predicted octanol–water partition coefficient (Wildman–Crippen LogP) is 4.15. The van der Waals surface area contributed by atoms with Crippen LogP contribution in [0.25, 0.3) is 0 Å². The van der Waals surface area contributed by atoms with E-state index in [0.717, 1.165) is 43.0 Å². The molecule has 7 nitrogen and oxygen atoms in total. The Morgan fingerprint density at radius 3 is 2.55 bits per heavy atom. The molecule has 0 unspecified atom stereocenters. The van der Waals surface area contributed by atoms with Gasteiger partial charge in [0.15, 0.2) is 5.96 Å². The lowest BCUT2D eigenvalue weighted by Gasteiger charge is -2.24. The Hall–Kier alpha value is -2.88. The molecule has 3 N–H and O–H groups in total. The van der Waals surface area contributed by atoms with Gasteiger partial charge in [0.25, 0.3) is 0 Å². The van der Waals surface area contributed by atoms with E-state index in [1.54, 1.807) is 13.2 Å². The highest BCUT2D eigenvalue weighted by molar-refractivity contribution is 14.0. The summed E-state index contributed by atoms with van der Waals surface area (Å²) in [5.41, 5.74) is 4.34. The van der Waals surface area contributed by atoms with Crippen LogP contribution in [0, 0.1) is 5.92 Å². The fourth-order valence-electron chi connectivity index (χ4n) is 3.71. The normalized spacial score (nSPS) is 13.5. The number of aliphatic imine (C=N–C) groups is 1. The summed E-state index contributed by atoms with van der Waals surface area (Å²) in [5.74, 6) is 1.03. The maximum atomic E-state index is 12.2. The highest BCUT2D eigenvalue weighted by atomic mass is 127. The molecule has 2 aromatic carbocycles. The van der Waals surface area contributed by atoms with Crippen molar-refractivity contribution in [1.82, 2.24) is 20.4 Å². The Labute approximate surface area is 212 Å². The molecule has 3 aromatic rings. The van der Waals surface area contributed by atoms with Crippen molar-refractivity contribution in [1.29, 1.82) is 0 Å². The first-order valence-electron chi connectivity index (χ1n) is 11.1. The summed E-state index contributed by atoms with van der Waals surface area (Å²) < 4.78 is 1.92. The van der Waals surface area contributed by atoms with Crippen LogP contribution in [0.1, 0.15) is 36.0 Å². The second kappa shape index (κ2) is 12.4. The van der Waals surface area contributed by atoms with Crippen LogP contribution in [0.2, 0.25) is 0 Å². The number of carbonyl (C=O) groups excluding carboxylic acids is 1. The van der Waals surface area contributed by atoms with Gasteiger partial charge in [-0.1, -0.05) is 42.8 Å². The summed E-state index contributed by atoms with van der Waals surface area (Å²) in [5, 5.41) is 14.1. The first-order chi connectivity index (χ1) is 15.7. The van der Waals surface area contributed by atoms with Crippen LogP contribution in [0.4, 0.5) is 5.69 Å². The third-order valence-electron chi connectivity index (χ3n) is 5.81. The summed E-state index contributed by atoms with van der Waals surface area (Å²) in [6.45, 7) is 2.01. The molecule has 1 heterocycles. The molecule has 174 valence electrons. The lowest BCUT2D eigenvalue weighted by Crippen LogP contribution is -2.36. The lowest BCUT2D eigenvalue weighted by atomic mass is 9.85. The Kier molecular flexibility index (Phi) is 9.29. The summed E-state index contributed by atoms with van der Waals surface area (Å²) in [6.07, 6.45) is 6.91. The van der Waals surface area contributed by atoms with Gasteiger partial charge < -0.3 is 16.0 Å². The van der Waals surface area contributed by atoms with Gasteiger partial charge in [-0.3, -0.25) is 14.5 Å². The van der Waals surface area contributed by atoms with Gasteiger partial charge in [-0.15, -0.1) is 24.0 Å². The van der Waals surface area contributed by atoms with Crippen molar-refractivity contribution in [3.8, 4) is 0 Å². The van der Waals surface area contributed by atoms with E-state index in [-0.39, 0.29) is 35.8 Å². The Morgan fingerprint density at radius 2 is 1.85 bits per heavy atom. The quantitative estimate of drug-likeness (QED) is 0.221. The Balaban J connectivity index is 0.00000306. The van der Waals surface area contributed by atoms with Crippen molar-refractivity contribution in [2.45, 2.75) is 38.9 Å². The van der Waals surface area contributed by atoms with Gasteiger partial charge in [-0.2, -0.15) is 5.10 Å². The third-order valence-corrected chi connectivity index (χ3v) is 5.81. The van der Waals surface area contributed by atoms with Crippen LogP contribution < -0.4 is 16.0 Å². The number of halogens is 1. The van der Waals surface area contributed by atoms with Crippen LogP contribution >= 0.6 is 24.0 Å². The van der Waals surface area contributed by atoms with Crippen LogP contribution in [0.15, 0.2) is 72.0 Å². The number of benzene rings is 2. The van der Waals surface area contributed by atoms with E-state index < -0.39 is 0 Å². The van der Waals surface area contributed by atoms with Gasteiger partial charge >= 0.3 is 0 Å². The summed E-state index contributed by atoms with van der Waals surface area (Å²) in [4.78, 5) is 16.5. The van der Waals surface area contributed by atoms with Crippen LogP contribution in [0.5, 0.6) is 0 Å². The second-order valence-corrected chi connectivity index (χ2v) is 8.07. The molecular formula is C25H31IN6O. The average Bonchev–Trinajstić information content (AvgIpc) is 3.27. The summed E-state index contributed by atoms with van der Waals surface area (Å²) >= 11 is 0. The number of anilines is 1. The number of nitrogens with one attached hydrogen (secondary N) is 3. The van der Waals surface area contributed by atoms with Crippen LogP contribution in [-0.2, 0) is 24.4 Å². The van der Waals surface area contributed by atoms with E-state index in [4.69, 9.17) is 0 Å². The maximum Gasteiger partial charge on any atom is 0.227 e. The molecular weight excluding hydrogens is 527 g/mol. The van der Waals surface area contributed by atoms with E-state index in [1.165, 1.54) is 11.1 Å². The van der Waals surface area contributed by atoms with E-state index in [9.17, 15) is 4.79 Å². The SMILES string of the molecule is CN=C(NCc1cccc(NC(=O)C2CCC2)c1)NCc1ccccc1Cn1cccn1.I. The molecule has 8 heteroatoms. The van der Waals surface area contributed by atoms with Gasteiger partial charge in [-0.05, 0) is 47.7 Å². The fraction of sp³-hybridized carbons (Fsp3) is 0.320. The van der Waals surface area contributed by atoms with E-state index in [1.807, 2.05) is 53.3 Å². The minimum atomic E-state index is 0. The second-order valence-electron chi connectivity index (χ2n) is 8.07. The van der Waals surface area contributed by atoms with Gasteiger partial charge in [0.05, 0.1) is 6.54 Å². The number of rotatable bonds is 8. The molecule has 1 aromatic heterocycles. The Morgan fingerprint density at radius 1 is 1.06 bits per heavy atom. The van der Waals surface area contributed by atoms with Gasteiger partial charge in [0.1, 0.15) is 0 Å². The Bertz CT molecular complexity index is 1060. The molecule has 1 amide bonds. The minimum absolute atomic E-state index is 0. The topological polar surface area (TPSA) is 83.3 Å². The lowest BCUT2D eigenvalue weighted by molar-refractivity contribution is -0.122. The van der Waals surface area contributed by atoms with Crippen molar-refractivity contribution in [2.75, 3.05) is 12.4 Å². The van der Waals surface area contributed by atoms with Crippen molar-refractivity contribution in [2.24, 2.45) is 10.9 Å². The molecule has 0 spiro atoms. The smallest absolute Gasteiger partial charge is 0.227 e. The first kappa shape index (κ1) is 24.8. The van der Waals surface area contributed by atoms with Crippen molar-refractivity contribution in [3.05, 3.63) is 83.7 Å². The van der Waals surface area contributed by atoms with E-state index >= 15 is 0 Å². The molecule has 0 radical (unpaired) electrons. The molecule has 0 bridgehead atoms. The zero-order valence-corrected chi connectivity index (χ0v) is 21.2. The van der Waals surface area contributed by atoms with E-state index in [2.05, 4.69) is 38.2 Å². The fourth-order valence-corrected chi connectivity index (χ4v) is 3.71. The predicted molar refractivity (Wildman–Crippen MR) is 143 cm³/mol. The monoisotopic (exact) mass is 558 g/mol. The molecule has 1 aliphatic carbocycles. The molecule has 1 aliphatic rings. The van der Waals surface area contributed by atoms with Gasteiger partial charge in [-0.25, -0.2) is 0 Å². The largest absolute Gasteiger partial charge is 0.352 e. The number of amides is 1. The maximum absolute atomic E-state index is 12.2. The number of guanidine groups is 1. The standard InChI is InChI=1S/C25H30N6O.HI/c1-26-25(28-17-21-8-2-3-9-22(21)18-31-14-6-13-29-31)27-16-19-7-4-12-23(15-19)30-24(32)20-10-5-11-20;/h2-4,6-9,12-15,20H,5,10-11,16-18H2,1H3,(H,30,32)(H2,26,27,28);1H. The van der Waals surface area contributed by atoms with Crippen LogP contribution in [-0.4, -0.2) is 28.7 Å². The zero-order chi connectivity index (χ0) is 22.2. The summed E-state index contributed by atoms with van der Waals surface area (Å²) in [7, 11) is 1.76. The van der Waals surface area contributed by atoms with Crippen molar-refractivity contribution in [3.63, 3.8) is 0 Å². The average molecular weight is 558 g/mol. The molecule has 0 atom stereocenters. The van der Waals surface area contributed by atoms with Gasteiger partial charge in [0.2, 0.25) is 5.91 Å². The number of hydrogen-bond acceptors (Lipinski definition) is 3. The highest BCUT2D eigenvalue weighted by Crippen LogP contribution is 2.27. The molecule has 0 aliphatic heterocycles. The van der Waals surface area contributed by atoms with Crippen molar-refractivity contribution < 1.29 is 4.79 Å². The molecule has 33 heavy (non-hydrogen) atoms. The minimum Gasteiger partial charge on any atom is -0.352 e. The summed E-state index contributed by atoms with van der Waals surface area (Å²) in [6, 6.07) is 18.2. The molecule has 4 rings (SSSR count). The van der Waals surface area contributed by atoms with E-state index in [0.29, 0.717) is 13.1 Å².